The maximum atomic E-state index is 12.0. The second kappa shape index (κ2) is 6.58. The Hall–Kier alpha value is -1.40. The van der Waals surface area contributed by atoms with Gasteiger partial charge in [-0.1, -0.05) is 12.1 Å². The van der Waals surface area contributed by atoms with Gasteiger partial charge in [0.2, 0.25) is 5.91 Å². The van der Waals surface area contributed by atoms with E-state index >= 15 is 0 Å². The summed E-state index contributed by atoms with van der Waals surface area (Å²) in [5.74, 6) is 0.0223. The summed E-state index contributed by atoms with van der Waals surface area (Å²) in [7, 11) is -3.18. The Labute approximate surface area is 126 Å². The van der Waals surface area contributed by atoms with E-state index in [1.807, 2.05) is 6.92 Å². The summed E-state index contributed by atoms with van der Waals surface area (Å²) in [5.41, 5.74) is 0.898. The average molecular weight is 310 g/mol. The van der Waals surface area contributed by atoms with Gasteiger partial charge in [-0.2, -0.15) is 0 Å². The van der Waals surface area contributed by atoms with Crippen molar-refractivity contribution in [2.24, 2.45) is 0 Å². The fourth-order valence-electron chi connectivity index (χ4n) is 2.54. The number of hydrogen-bond acceptors (Lipinski definition) is 4. The molecule has 5 nitrogen and oxygen atoms in total. The van der Waals surface area contributed by atoms with Crippen molar-refractivity contribution in [3.05, 3.63) is 29.8 Å². The number of carbonyl (C=O) groups excluding carboxylic acids is 1. The van der Waals surface area contributed by atoms with Gasteiger partial charge in [0.1, 0.15) is 0 Å². The lowest BCUT2D eigenvalue weighted by molar-refractivity contribution is -0.122. The van der Waals surface area contributed by atoms with Crippen LogP contribution in [0, 0.1) is 0 Å². The van der Waals surface area contributed by atoms with Crippen LogP contribution < -0.4 is 10.6 Å². The zero-order valence-electron chi connectivity index (χ0n) is 12.4. The Morgan fingerprint density at radius 3 is 2.57 bits per heavy atom. The topological polar surface area (TPSA) is 75.3 Å². The molecular formula is C15H22N2O3S. The Kier molecular flexibility index (Phi) is 5.00. The third-order valence-electron chi connectivity index (χ3n) is 3.78. The van der Waals surface area contributed by atoms with Crippen LogP contribution in [0.5, 0.6) is 0 Å². The number of sulfone groups is 1. The number of rotatable bonds is 5. The van der Waals surface area contributed by atoms with Gasteiger partial charge in [0.15, 0.2) is 9.84 Å². The second-order valence-corrected chi connectivity index (χ2v) is 7.64. The normalized spacial score (nSPS) is 20.2. The molecule has 1 aromatic carbocycles. The summed E-state index contributed by atoms with van der Waals surface area (Å²) in [6.45, 7) is 2.88. The lowest BCUT2D eigenvalue weighted by Crippen LogP contribution is -2.33. The molecule has 1 aliphatic heterocycles. The van der Waals surface area contributed by atoms with E-state index in [1.54, 1.807) is 24.3 Å². The molecule has 1 fully saturated rings. The van der Waals surface area contributed by atoms with Crippen molar-refractivity contribution < 1.29 is 13.2 Å². The van der Waals surface area contributed by atoms with Crippen LogP contribution in [-0.2, 0) is 14.6 Å². The summed E-state index contributed by atoms with van der Waals surface area (Å²) in [4.78, 5) is 12.3. The first-order chi connectivity index (χ1) is 9.86. The van der Waals surface area contributed by atoms with E-state index in [1.165, 1.54) is 6.26 Å². The lowest BCUT2D eigenvalue weighted by Gasteiger charge is -2.16. The number of carbonyl (C=O) groups is 1. The minimum atomic E-state index is -3.18. The molecule has 0 saturated carbocycles. The van der Waals surface area contributed by atoms with Crippen molar-refractivity contribution in [2.45, 2.75) is 43.2 Å². The van der Waals surface area contributed by atoms with Crippen LogP contribution in [-0.4, -0.2) is 33.2 Å². The molecule has 1 aromatic rings. The fraction of sp³-hybridized carbons (Fsp3) is 0.533. The van der Waals surface area contributed by atoms with Gasteiger partial charge in [-0.15, -0.1) is 0 Å². The summed E-state index contributed by atoms with van der Waals surface area (Å²) >= 11 is 0. The van der Waals surface area contributed by atoms with Gasteiger partial charge in [0, 0.05) is 18.7 Å². The average Bonchev–Trinajstić information content (AvgIpc) is 2.90. The zero-order valence-corrected chi connectivity index (χ0v) is 13.2. The highest BCUT2D eigenvalue weighted by molar-refractivity contribution is 7.90. The number of nitrogens with one attached hydrogen (secondary N) is 2. The first kappa shape index (κ1) is 16.0. The molecule has 0 aromatic heterocycles. The Balaban J connectivity index is 1.93. The van der Waals surface area contributed by atoms with Crippen molar-refractivity contribution in [3.63, 3.8) is 0 Å². The van der Waals surface area contributed by atoms with E-state index in [4.69, 9.17) is 0 Å². The monoisotopic (exact) mass is 310 g/mol. The molecule has 1 amide bonds. The Morgan fingerprint density at radius 1 is 1.38 bits per heavy atom. The third-order valence-corrected chi connectivity index (χ3v) is 4.91. The van der Waals surface area contributed by atoms with Gasteiger partial charge in [0.25, 0.3) is 0 Å². The van der Waals surface area contributed by atoms with Crippen molar-refractivity contribution >= 4 is 15.7 Å². The standard InChI is InChI=1S/C15H22N2O3S/c1-11(17-15(18)10-13-4-3-9-16-13)12-5-7-14(8-6-12)21(2,19)20/h5-8,11,13,16H,3-4,9-10H2,1-2H3,(H,17,18). The molecule has 2 atom stereocenters. The first-order valence-electron chi connectivity index (χ1n) is 7.19. The predicted octanol–water partition coefficient (Wildman–Crippen LogP) is 1.41. The van der Waals surface area contributed by atoms with Crippen LogP contribution in [0.15, 0.2) is 29.2 Å². The quantitative estimate of drug-likeness (QED) is 0.862. The van der Waals surface area contributed by atoms with Crippen LogP contribution in [0.1, 0.15) is 37.8 Å². The van der Waals surface area contributed by atoms with E-state index in [-0.39, 0.29) is 18.0 Å². The van der Waals surface area contributed by atoms with Gasteiger partial charge in [0.05, 0.1) is 10.9 Å². The highest BCUT2D eigenvalue weighted by Crippen LogP contribution is 2.17. The number of hydrogen-bond donors (Lipinski definition) is 2. The molecule has 2 rings (SSSR count). The molecule has 0 radical (unpaired) electrons. The highest BCUT2D eigenvalue weighted by Gasteiger charge is 2.19. The van der Waals surface area contributed by atoms with Crippen molar-refractivity contribution in [3.8, 4) is 0 Å². The van der Waals surface area contributed by atoms with E-state index in [2.05, 4.69) is 10.6 Å². The smallest absolute Gasteiger partial charge is 0.222 e. The molecule has 116 valence electrons. The summed E-state index contributed by atoms with van der Waals surface area (Å²) in [6.07, 6.45) is 3.85. The molecule has 0 bridgehead atoms. The van der Waals surface area contributed by atoms with Crippen LogP contribution in [0.3, 0.4) is 0 Å². The van der Waals surface area contributed by atoms with Crippen LogP contribution in [0.25, 0.3) is 0 Å². The Bertz CT molecular complexity index is 590. The minimum Gasteiger partial charge on any atom is -0.350 e. The summed E-state index contributed by atoms with van der Waals surface area (Å²) < 4.78 is 22.8. The number of benzene rings is 1. The summed E-state index contributed by atoms with van der Waals surface area (Å²) in [6, 6.07) is 6.79. The SMILES string of the molecule is CC(NC(=O)CC1CCCN1)c1ccc(S(C)(=O)=O)cc1. The van der Waals surface area contributed by atoms with Crippen molar-refractivity contribution in [2.75, 3.05) is 12.8 Å². The first-order valence-corrected chi connectivity index (χ1v) is 9.08. The van der Waals surface area contributed by atoms with Crippen LogP contribution >= 0.6 is 0 Å². The van der Waals surface area contributed by atoms with E-state index in [0.29, 0.717) is 11.3 Å². The maximum Gasteiger partial charge on any atom is 0.222 e. The summed E-state index contributed by atoms with van der Waals surface area (Å²) in [5, 5.41) is 6.25. The van der Waals surface area contributed by atoms with E-state index in [0.717, 1.165) is 24.9 Å². The molecule has 0 aliphatic carbocycles. The highest BCUT2D eigenvalue weighted by atomic mass is 32.2. The molecule has 2 unspecified atom stereocenters. The van der Waals surface area contributed by atoms with Gasteiger partial charge >= 0.3 is 0 Å². The Morgan fingerprint density at radius 2 is 2.05 bits per heavy atom. The van der Waals surface area contributed by atoms with Crippen LogP contribution in [0.4, 0.5) is 0 Å². The predicted molar refractivity (Wildman–Crippen MR) is 81.8 cm³/mol. The van der Waals surface area contributed by atoms with Crippen molar-refractivity contribution in [1.29, 1.82) is 0 Å². The molecule has 2 N–H and O–H groups in total. The van der Waals surface area contributed by atoms with Crippen LogP contribution in [0.2, 0.25) is 0 Å². The minimum absolute atomic E-state index is 0.0223. The molecular weight excluding hydrogens is 288 g/mol. The second-order valence-electron chi connectivity index (χ2n) is 5.63. The molecule has 1 aliphatic rings. The molecule has 0 spiro atoms. The van der Waals surface area contributed by atoms with Gasteiger partial charge in [-0.3, -0.25) is 4.79 Å². The largest absolute Gasteiger partial charge is 0.350 e. The van der Waals surface area contributed by atoms with Gasteiger partial charge in [-0.05, 0) is 44.0 Å². The lowest BCUT2D eigenvalue weighted by atomic mass is 10.1. The third kappa shape index (κ3) is 4.54. The van der Waals surface area contributed by atoms with Gasteiger partial charge < -0.3 is 10.6 Å². The molecule has 1 heterocycles. The zero-order chi connectivity index (χ0) is 15.5. The molecule has 21 heavy (non-hydrogen) atoms. The fourth-order valence-corrected chi connectivity index (χ4v) is 3.17. The number of amides is 1. The van der Waals surface area contributed by atoms with E-state index < -0.39 is 9.84 Å². The van der Waals surface area contributed by atoms with E-state index in [9.17, 15) is 13.2 Å². The van der Waals surface area contributed by atoms with Crippen molar-refractivity contribution in [1.82, 2.24) is 10.6 Å². The maximum absolute atomic E-state index is 12.0. The molecule has 1 saturated heterocycles. The molecule has 6 heteroatoms. The van der Waals surface area contributed by atoms with Gasteiger partial charge in [-0.25, -0.2) is 8.42 Å².